The highest BCUT2D eigenvalue weighted by atomic mass is 19.3. The topological polar surface area (TPSA) is 158 Å². The molecule has 0 spiro atoms. The predicted molar refractivity (Wildman–Crippen MR) is 138 cm³/mol. The first-order valence-corrected chi connectivity index (χ1v) is 12.9. The van der Waals surface area contributed by atoms with Crippen molar-refractivity contribution in [3.8, 4) is 0 Å². The molecule has 3 N–H and O–H groups in total. The van der Waals surface area contributed by atoms with Gasteiger partial charge in [0.2, 0.25) is 12.1 Å². The molecule has 2 aromatic rings. The molecule has 40 heavy (non-hydrogen) atoms. The first kappa shape index (κ1) is 30.6. The Balaban J connectivity index is 1.61. The van der Waals surface area contributed by atoms with Crippen LogP contribution in [0, 0.1) is 0 Å². The fourth-order valence-corrected chi connectivity index (χ4v) is 3.94. The quantitative estimate of drug-likeness (QED) is 0.244. The number of anilines is 2. The van der Waals surface area contributed by atoms with E-state index >= 15 is 8.78 Å². The number of ether oxygens (including phenoxy) is 3. The molecule has 0 aliphatic carbocycles. The molecule has 0 bridgehead atoms. The van der Waals surface area contributed by atoms with Crippen LogP contribution in [-0.4, -0.2) is 64.0 Å². The maximum Gasteiger partial charge on any atom is 0.412 e. The molecule has 1 aromatic heterocycles. The van der Waals surface area contributed by atoms with E-state index in [1.807, 2.05) is 6.92 Å². The highest BCUT2D eigenvalue weighted by Gasteiger charge is 2.62. The van der Waals surface area contributed by atoms with Crippen molar-refractivity contribution in [2.75, 3.05) is 23.8 Å². The lowest BCUT2D eigenvalue weighted by Crippen LogP contribution is -2.45. The van der Waals surface area contributed by atoms with E-state index in [1.165, 1.54) is 0 Å². The number of aliphatic hydroxyl groups is 1. The third-order valence-corrected chi connectivity index (χ3v) is 5.96. The Morgan fingerprint density at radius 1 is 1.10 bits per heavy atom. The summed E-state index contributed by atoms with van der Waals surface area (Å²) in [7, 11) is 0. The molecule has 1 aromatic carbocycles. The largest absolute Gasteiger partial charge is 0.453 e. The van der Waals surface area contributed by atoms with Gasteiger partial charge in [-0.15, -0.1) is 0 Å². The molecule has 0 saturated carbocycles. The molecule has 1 aliphatic heterocycles. The number of carbonyl (C=O) groups excluding carboxylic acids is 3. The van der Waals surface area contributed by atoms with Crippen LogP contribution in [0.5, 0.6) is 0 Å². The van der Waals surface area contributed by atoms with Gasteiger partial charge < -0.3 is 24.6 Å². The van der Waals surface area contributed by atoms with Gasteiger partial charge in [-0.25, -0.2) is 19.1 Å². The molecule has 1 saturated heterocycles. The summed E-state index contributed by atoms with van der Waals surface area (Å²) in [4.78, 5) is 52.4. The zero-order chi connectivity index (χ0) is 29.1. The second kappa shape index (κ2) is 14.5. The average molecular weight is 567 g/mol. The molecule has 3 rings (SSSR count). The zero-order valence-electron chi connectivity index (χ0n) is 21.9. The van der Waals surface area contributed by atoms with Gasteiger partial charge in [-0.1, -0.05) is 31.5 Å². The molecule has 1 fully saturated rings. The third-order valence-electron chi connectivity index (χ3n) is 5.96. The zero-order valence-corrected chi connectivity index (χ0v) is 21.9. The number of nitrogens with zero attached hydrogens (tertiary/aromatic N) is 2. The van der Waals surface area contributed by atoms with Gasteiger partial charge in [-0.05, 0) is 37.5 Å². The Hall–Kier alpha value is -3.91. The number of para-hydroxylation sites is 1. The summed E-state index contributed by atoms with van der Waals surface area (Å²) in [6.07, 6.45) is -4.57. The Kier molecular flexibility index (Phi) is 11.1. The summed E-state index contributed by atoms with van der Waals surface area (Å²) in [5, 5.41) is 14.6. The number of benzene rings is 1. The van der Waals surface area contributed by atoms with Gasteiger partial charge in [0.1, 0.15) is 11.9 Å². The van der Waals surface area contributed by atoms with Crippen molar-refractivity contribution < 1.29 is 42.5 Å². The van der Waals surface area contributed by atoms with Crippen molar-refractivity contribution in [3.05, 3.63) is 53.1 Å². The third kappa shape index (κ3) is 8.05. The molecule has 1 aliphatic rings. The lowest BCUT2D eigenvalue weighted by molar-refractivity contribution is -0.176. The van der Waals surface area contributed by atoms with Gasteiger partial charge >= 0.3 is 23.7 Å². The first-order chi connectivity index (χ1) is 19.2. The van der Waals surface area contributed by atoms with E-state index in [-0.39, 0.29) is 37.6 Å². The van der Waals surface area contributed by atoms with Crippen LogP contribution in [0.1, 0.15) is 51.7 Å². The first-order valence-electron chi connectivity index (χ1n) is 12.9. The number of carbonyl (C=O) groups is 3. The van der Waals surface area contributed by atoms with E-state index < -0.39 is 48.7 Å². The Labute approximate surface area is 228 Å². The van der Waals surface area contributed by atoms with Crippen LogP contribution in [0.2, 0.25) is 0 Å². The van der Waals surface area contributed by atoms with Crippen LogP contribution in [0.3, 0.4) is 0 Å². The maximum absolute atomic E-state index is 15.5. The van der Waals surface area contributed by atoms with E-state index in [0.717, 1.165) is 18.7 Å². The van der Waals surface area contributed by atoms with Gasteiger partial charge in [0.15, 0.2) is 6.10 Å². The number of nitrogens with one attached hydrogen (secondary N) is 2. The number of esters is 1. The van der Waals surface area contributed by atoms with E-state index in [0.29, 0.717) is 23.1 Å². The van der Waals surface area contributed by atoms with Crippen LogP contribution in [0.15, 0.2) is 47.4 Å². The number of halogens is 2. The molecule has 14 heteroatoms. The standard InChI is InChI=1S/C26H32F2N4O8/c1-2-3-15-38-25(37)31-19-13-14-29-24(36)32(19)23-26(27,28)22(18(16-33)39-23)40-21(35)12-8-7-11-20(34)30-17-9-5-4-6-10-17/h4-6,9-10,13-14,18,22-23,33H,2-3,7-8,11-12,15-16H2,1H3,(H,30,34)(H,31,37)/t18-,22-,23-/m1/s1. The van der Waals surface area contributed by atoms with Crippen LogP contribution in [0.25, 0.3) is 0 Å². The molecule has 2 amide bonds. The van der Waals surface area contributed by atoms with E-state index in [2.05, 4.69) is 15.6 Å². The number of hydrogen-bond acceptors (Lipinski definition) is 9. The number of aliphatic hydroxyl groups excluding tert-OH is 1. The molecule has 2 heterocycles. The number of unbranched alkanes of at least 4 members (excludes halogenated alkanes) is 2. The molecule has 3 atom stereocenters. The normalized spacial score (nSPS) is 19.6. The fourth-order valence-electron chi connectivity index (χ4n) is 3.94. The minimum Gasteiger partial charge on any atom is -0.453 e. The maximum atomic E-state index is 15.5. The van der Waals surface area contributed by atoms with E-state index in [9.17, 15) is 24.3 Å². The second-order valence-corrected chi connectivity index (χ2v) is 9.01. The molecular weight excluding hydrogens is 534 g/mol. The van der Waals surface area contributed by atoms with Crippen LogP contribution < -0.4 is 16.3 Å². The summed E-state index contributed by atoms with van der Waals surface area (Å²) in [5.74, 6) is -5.64. The molecule has 0 radical (unpaired) electrons. The van der Waals surface area contributed by atoms with Crippen molar-refractivity contribution >= 4 is 29.5 Å². The SMILES string of the molecule is CCCCOC(=O)Nc1ccnc(=O)n1[C@@H]1O[C@H](CO)[C@@H](OC(=O)CCCCC(=O)Nc2ccccc2)C1(F)F. The second-order valence-electron chi connectivity index (χ2n) is 9.01. The smallest absolute Gasteiger partial charge is 0.412 e. The Morgan fingerprint density at radius 3 is 2.52 bits per heavy atom. The van der Waals surface area contributed by atoms with Crippen molar-refractivity contribution in [1.82, 2.24) is 9.55 Å². The van der Waals surface area contributed by atoms with E-state index in [4.69, 9.17) is 14.2 Å². The number of amides is 2. The monoisotopic (exact) mass is 566 g/mol. The van der Waals surface area contributed by atoms with Crippen molar-refractivity contribution in [2.24, 2.45) is 0 Å². The Bertz CT molecular complexity index is 1210. The van der Waals surface area contributed by atoms with Gasteiger partial charge in [0.05, 0.1) is 13.2 Å². The van der Waals surface area contributed by atoms with Gasteiger partial charge in [0, 0.05) is 24.7 Å². The van der Waals surface area contributed by atoms with Gasteiger partial charge in [-0.2, -0.15) is 8.78 Å². The lowest BCUT2D eigenvalue weighted by Gasteiger charge is -2.25. The number of alkyl halides is 2. The van der Waals surface area contributed by atoms with Gasteiger partial charge in [-0.3, -0.25) is 14.9 Å². The minimum absolute atomic E-state index is 0.0794. The van der Waals surface area contributed by atoms with Crippen LogP contribution in [-0.2, 0) is 23.8 Å². The van der Waals surface area contributed by atoms with Crippen LogP contribution in [0.4, 0.5) is 25.1 Å². The molecule has 12 nitrogen and oxygen atoms in total. The van der Waals surface area contributed by atoms with Crippen LogP contribution >= 0.6 is 0 Å². The minimum atomic E-state index is -3.99. The lowest BCUT2D eigenvalue weighted by atomic mass is 10.1. The predicted octanol–water partition coefficient (Wildman–Crippen LogP) is 3.23. The molecular formula is C26H32F2N4O8. The highest BCUT2D eigenvalue weighted by molar-refractivity contribution is 5.90. The highest BCUT2D eigenvalue weighted by Crippen LogP contribution is 2.45. The van der Waals surface area contributed by atoms with E-state index in [1.54, 1.807) is 30.3 Å². The average Bonchev–Trinajstić information content (AvgIpc) is 3.16. The van der Waals surface area contributed by atoms with Crippen molar-refractivity contribution in [2.45, 2.75) is 69.8 Å². The number of hydrogen-bond donors (Lipinski definition) is 3. The summed E-state index contributed by atoms with van der Waals surface area (Å²) < 4.78 is 46.6. The van der Waals surface area contributed by atoms with Crippen molar-refractivity contribution in [3.63, 3.8) is 0 Å². The van der Waals surface area contributed by atoms with Crippen molar-refractivity contribution in [1.29, 1.82) is 0 Å². The summed E-state index contributed by atoms with van der Waals surface area (Å²) in [6.45, 7) is 1.02. The number of aromatic nitrogens is 2. The number of rotatable bonds is 13. The van der Waals surface area contributed by atoms with Gasteiger partial charge in [0.25, 0.3) is 0 Å². The summed E-state index contributed by atoms with van der Waals surface area (Å²) in [6, 6.07) is 9.89. The Morgan fingerprint density at radius 2 is 1.82 bits per heavy atom. The molecule has 0 unspecified atom stereocenters. The summed E-state index contributed by atoms with van der Waals surface area (Å²) >= 11 is 0. The molecule has 218 valence electrons. The summed E-state index contributed by atoms with van der Waals surface area (Å²) in [5.41, 5.74) is -0.548. The fraction of sp³-hybridized carbons (Fsp3) is 0.500.